The monoisotopic (exact) mass is 473 g/mol. The number of aromatic nitrogens is 2. The third-order valence-electron chi connectivity index (χ3n) is 6.49. The molecule has 0 saturated carbocycles. The van der Waals surface area contributed by atoms with E-state index >= 15 is 0 Å². The predicted octanol–water partition coefficient (Wildman–Crippen LogP) is 5.36. The zero-order chi connectivity index (χ0) is 22.4. The minimum Gasteiger partial charge on any atom is -0.379 e. The van der Waals surface area contributed by atoms with Crippen LogP contribution in [-0.4, -0.2) is 41.1 Å². The van der Waals surface area contributed by atoms with E-state index in [1.54, 1.807) is 35.6 Å². The molecule has 0 radical (unpaired) electrons. The molecule has 8 heteroatoms. The van der Waals surface area contributed by atoms with E-state index in [9.17, 15) is 9.18 Å². The molecule has 3 heterocycles. The van der Waals surface area contributed by atoms with Crippen molar-refractivity contribution in [3.8, 4) is 11.1 Å². The van der Waals surface area contributed by atoms with Gasteiger partial charge in [0.2, 0.25) is 0 Å². The number of nitrogens with zero attached hydrogens (tertiary/aromatic N) is 3. The molecule has 32 heavy (non-hydrogen) atoms. The molecule has 5 nitrogen and oxygen atoms in total. The lowest BCUT2D eigenvalue weighted by Gasteiger charge is -2.35. The highest BCUT2D eigenvalue weighted by atomic mass is 35.5. The molecule has 0 unspecified atom stereocenters. The summed E-state index contributed by atoms with van der Waals surface area (Å²) >= 11 is 8.51. The Morgan fingerprint density at radius 2 is 2.03 bits per heavy atom. The highest BCUT2D eigenvalue weighted by Gasteiger charge is 2.29. The number of rotatable bonds is 3. The van der Waals surface area contributed by atoms with E-state index in [0.29, 0.717) is 29.2 Å². The molecular weight excluding hydrogens is 449 g/mol. The maximum atomic E-state index is 13.6. The van der Waals surface area contributed by atoms with E-state index in [1.165, 1.54) is 18.6 Å². The minimum atomic E-state index is -0.300. The lowest BCUT2D eigenvalue weighted by molar-refractivity contribution is 0.107. The van der Waals surface area contributed by atoms with Crippen molar-refractivity contribution in [1.29, 1.82) is 0 Å². The van der Waals surface area contributed by atoms with Crippen LogP contribution in [0.4, 0.5) is 10.2 Å². The molecule has 1 saturated heterocycles. The molecule has 0 bridgehead atoms. The Labute approximate surface area is 195 Å². The summed E-state index contributed by atoms with van der Waals surface area (Å²) in [6.45, 7) is 3.48. The number of thioether (sulfide) groups is 1. The van der Waals surface area contributed by atoms with Crippen LogP contribution in [0.3, 0.4) is 0 Å². The third-order valence-corrected chi connectivity index (χ3v) is 8.01. The molecular formula is C24H25ClFN3O2S. The molecule has 2 aromatic carbocycles. The van der Waals surface area contributed by atoms with Crippen molar-refractivity contribution in [2.45, 2.75) is 49.8 Å². The molecule has 2 atom stereocenters. The van der Waals surface area contributed by atoms with Gasteiger partial charge in [-0.3, -0.25) is 4.57 Å². The Balaban J connectivity index is 1.83. The summed E-state index contributed by atoms with van der Waals surface area (Å²) in [7, 11) is 1.66. The minimum absolute atomic E-state index is 0.130. The number of methoxy groups -OCH3 is 1. The summed E-state index contributed by atoms with van der Waals surface area (Å²) < 4.78 is 21.0. The first-order chi connectivity index (χ1) is 15.5. The van der Waals surface area contributed by atoms with Crippen molar-refractivity contribution in [3.63, 3.8) is 0 Å². The van der Waals surface area contributed by atoms with Crippen LogP contribution in [0.2, 0.25) is 5.02 Å². The standard InChI is InChI=1S/C24H25ClFN3O2S/c1-14-5-3-4-10-28(14)23-18-11-19(25)20(15-6-8-16(26)9-7-15)22-21(18)29(24(30)27-23)12-17(31-2)13-32-22/h6-9,11,14,17H,3-5,10,12-13H2,1-2H3/t14-,17-/m0/s1. The first kappa shape index (κ1) is 21.7. The summed E-state index contributed by atoms with van der Waals surface area (Å²) in [6, 6.07) is 8.56. The van der Waals surface area contributed by atoms with Crippen LogP contribution in [0, 0.1) is 5.82 Å². The van der Waals surface area contributed by atoms with Crippen molar-refractivity contribution < 1.29 is 9.13 Å². The van der Waals surface area contributed by atoms with Gasteiger partial charge in [0.25, 0.3) is 0 Å². The fraction of sp³-hybridized carbons (Fsp3) is 0.417. The average Bonchev–Trinajstić information content (AvgIpc) is 2.98. The highest BCUT2D eigenvalue weighted by molar-refractivity contribution is 7.99. The molecule has 3 aromatic rings. The molecule has 0 spiro atoms. The molecule has 0 amide bonds. The van der Waals surface area contributed by atoms with E-state index in [1.807, 2.05) is 6.07 Å². The average molecular weight is 474 g/mol. The van der Waals surface area contributed by atoms with Crippen LogP contribution < -0.4 is 10.6 Å². The normalized spacial score (nSPS) is 21.1. The lowest BCUT2D eigenvalue weighted by atomic mass is 10.0. The van der Waals surface area contributed by atoms with Gasteiger partial charge < -0.3 is 9.64 Å². The third kappa shape index (κ3) is 3.70. The molecule has 1 fully saturated rings. The molecule has 168 valence electrons. The van der Waals surface area contributed by atoms with Gasteiger partial charge in [-0.2, -0.15) is 4.98 Å². The molecule has 1 aromatic heterocycles. The van der Waals surface area contributed by atoms with E-state index < -0.39 is 0 Å². The SMILES string of the molecule is CO[C@@H]1CSc2c(-c3ccc(F)cc3)c(Cl)cc3c(N4CCCC[C@@H]4C)nc(=O)n(c23)C1. The summed E-state index contributed by atoms with van der Waals surface area (Å²) in [4.78, 5) is 21.0. The Hall–Kier alpha value is -2.09. The van der Waals surface area contributed by atoms with Gasteiger partial charge in [0.1, 0.15) is 11.6 Å². The quantitative estimate of drug-likeness (QED) is 0.512. The smallest absolute Gasteiger partial charge is 0.350 e. The van der Waals surface area contributed by atoms with Crippen molar-refractivity contribution in [3.05, 3.63) is 51.7 Å². The van der Waals surface area contributed by atoms with Gasteiger partial charge >= 0.3 is 5.69 Å². The number of piperidine rings is 1. The fourth-order valence-electron chi connectivity index (χ4n) is 4.76. The molecule has 2 aliphatic heterocycles. The maximum Gasteiger partial charge on any atom is 0.350 e. The van der Waals surface area contributed by atoms with Crippen LogP contribution in [0.1, 0.15) is 26.2 Å². The van der Waals surface area contributed by atoms with Gasteiger partial charge in [0, 0.05) is 41.3 Å². The Bertz CT molecular complexity index is 1230. The molecule has 0 N–H and O–H groups in total. The second kappa shape index (κ2) is 8.69. The predicted molar refractivity (Wildman–Crippen MR) is 129 cm³/mol. The number of anilines is 1. The topological polar surface area (TPSA) is 47.4 Å². The van der Waals surface area contributed by atoms with Gasteiger partial charge in [-0.05, 0) is 49.9 Å². The van der Waals surface area contributed by atoms with Gasteiger partial charge in [0.15, 0.2) is 0 Å². The number of ether oxygens (including phenoxy) is 1. The van der Waals surface area contributed by atoms with Crippen LogP contribution in [0.25, 0.3) is 22.0 Å². The van der Waals surface area contributed by atoms with Crippen LogP contribution in [0.5, 0.6) is 0 Å². The van der Waals surface area contributed by atoms with Gasteiger partial charge in [-0.1, -0.05) is 23.7 Å². The van der Waals surface area contributed by atoms with Crippen LogP contribution in [-0.2, 0) is 11.3 Å². The van der Waals surface area contributed by atoms with E-state index in [4.69, 9.17) is 16.3 Å². The van der Waals surface area contributed by atoms with Gasteiger partial charge in [-0.15, -0.1) is 11.8 Å². The molecule has 2 aliphatic rings. The number of halogens is 2. The Kier molecular flexibility index (Phi) is 5.90. The maximum absolute atomic E-state index is 13.6. The first-order valence-electron chi connectivity index (χ1n) is 10.9. The zero-order valence-electron chi connectivity index (χ0n) is 18.1. The Morgan fingerprint density at radius 3 is 2.75 bits per heavy atom. The van der Waals surface area contributed by atoms with Crippen LogP contribution >= 0.6 is 23.4 Å². The molecule has 5 rings (SSSR count). The number of hydrogen-bond donors (Lipinski definition) is 0. The first-order valence-corrected chi connectivity index (χ1v) is 12.3. The second-order valence-electron chi connectivity index (χ2n) is 8.50. The zero-order valence-corrected chi connectivity index (χ0v) is 19.7. The van der Waals surface area contributed by atoms with Crippen molar-refractivity contribution >= 4 is 40.1 Å². The van der Waals surface area contributed by atoms with Crippen molar-refractivity contribution in [2.75, 3.05) is 24.3 Å². The fourth-order valence-corrected chi connectivity index (χ4v) is 6.46. The van der Waals surface area contributed by atoms with Gasteiger partial charge in [0.05, 0.1) is 23.2 Å². The van der Waals surface area contributed by atoms with Crippen molar-refractivity contribution in [2.24, 2.45) is 0 Å². The second-order valence-corrected chi connectivity index (χ2v) is 9.94. The van der Waals surface area contributed by atoms with E-state index in [0.717, 1.165) is 46.3 Å². The van der Waals surface area contributed by atoms with Crippen molar-refractivity contribution in [1.82, 2.24) is 9.55 Å². The summed E-state index contributed by atoms with van der Waals surface area (Å²) in [6.07, 6.45) is 3.19. The number of benzene rings is 2. The van der Waals surface area contributed by atoms with E-state index in [-0.39, 0.29) is 17.6 Å². The highest BCUT2D eigenvalue weighted by Crippen LogP contribution is 2.45. The van der Waals surface area contributed by atoms with E-state index in [2.05, 4.69) is 16.8 Å². The Morgan fingerprint density at radius 1 is 1.25 bits per heavy atom. The summed E-state index contributed by atoms with van der Waals surface area (Å²) in [5, 5.41) is 1.45. The summed E-state index contributed by atoms with van der Waals surface area (Å²) in [5.74, 6) is 1.08. The van der Waals surface area contributed by atoms with Gasteiger partial charge in [-0.25, -0.2) is 9.18 Å². The molecule has 0 aliphatic carbocycles. The van der Waals surface area contributed by atoms with Crippen LogP contribution in [0.15, 0.2) is 40.0 Å². The summed E-state index contributed by atoms with van der Waals surface area (Å²) in [5.41, 5.74) is 2.20. The number of hydrogen-bond acceptors (Lipinski definition) is 5. The largest absolute Gasteiger partial charge is 0.379 e. The lowest BCUT2D eigenvalue weighted by Crippen LogP contribution is -2.40.